The van der Waals surface area contributed by atoms with Crippen LogP contribution in [0.1, 0.15) is 110 Å². The van der Waals surface area contributed by atoms with Crippen LogP contribution in [0, 0.1) is 35.5 Å². The predicted octanol–water partition coefficient (Wildman–Crippen LogP) is 6.04. The molecule has 4 aliphatic rings. The number of amides is 6. The van der Waals surface area contributed by atoms with Gasteiger partial charge in [-0.05, 0) is 86.6 Å². The minimum atomic E-state index is -0.722. The molecule has 2 aromatic carbocycles. The van der Waals surface area contributed by atoms with E-state index in [-0.39, 0.29) is 130 Å². The Hall–Kier alpha value is -5.66. The number of ether oxygens (including phenoxy) is 4. The van der Waals surface area contributed by atoms with Crippen LogP contribution < -0.4 is 10.6 Å². The molecule has 2 bridgehead atoms. The third-order valence-corrected chi connectivity index (χ3v) is 17.2. The molecule has 0 spiro atoms. The highest BCUT2D eigenvalue weighted by atomic mass is 16.5. The van der Waals surface area contributed by atoms with Crippen LogP contribution >= 0.6 is 0 Å². The highest BCUT2D eigenvalue weighted by Crippen LogP contribution is 2.43. The van der Waals surface area contributed by atoms with E-state index in [0.717, 1.165) is 48.1 Å². The fourth-order valence-corrected chi connectivity index (χ4v) is 12.4. The monoisotopic (exact) mass is 1100 g/mol. The van der Waals surface area contributed by atoms with E-state index >= 15 is 0 Å². The molecule has 0 radical (unpaired) electrons. The van der Waals surface area contributed by atoms with Crippen molar-refractivity contribution in [3.05, 3.63) is 77.9 Å². The summed E-state index contributed by atoms with van der Waals surface area (Å²) < 4.78 is 23.2. The van der Waals surface area contributed by atoms with Gasteiger partial charge >= 0.3 is 0 Å². The number of fused-ring (bicyclic) bond motifs is 2. The van der Waals surface area contributed by atoms with Crippen LogP contribution in [-0.2, 0) is 70.3 Å². The van der Waals surface area contributed by atoms with E-state index in [2.05, 4.69) is 29.4 Å². The van der Waals surface area contributed by atoms with Gasteiger partial charge in [-0.1, -0.05) is 83.5 Å². The fourth-order valence-electron chi connectivity index (χ4n) is 12.4. The average molecular weight is 1100 g/mol. The van der Waals surface area contributed by atoms with Crippen LogP contribution in [0.2, 0.25) is 0 Å². The number of piperidine rings is 1. The molecule has 18 heteroatoms. The molecular weight excluding hydrogens is 1010 g/mol. The number of hydrogen-bond donors (Lipinski definition) is 2. The summed E-state index contributed by atoms with van der Waals surface area (Å²) in [7, 11) is 6.97. The van der Waals surface area contributed by atoms with Crippen molar-refractivity contribution in [2.45, 2.75) is 148 Å². The van der Waals surface area contributed by atoms with Gasteiger partial charge in [-0.15, -0.1) is 0 Å². The van der Waals surface area contributed by atoms with E-state index in [4.69, 9.17) is 18.9 Å². The summed E-state index contributed by atoms with van der Waals surface area (Å²) in [6.07, 6.45) is 7.06. The summed E-state index contributed by atoms with van der Waals surface area (Å²) in [5, 5.41) is 5.88. The van der Waals surface area contributed by atoms with Gasteiger partial charge in [-0.3, -0.25) is 48.2 Å². The Balaban J connectivity index is 1.01. The van der Waals surface area contributed by atoms with Crippen LogP contribution in [0.15, 0.2) is 66.7 Å². The second kappa shape index (κ2) is 30.2. The topological polar surface area (TPSA) is 210 Å². The van der Waals surface area contributed by atoms with Crippen molar-refractivity contribution in [2.75, 3.05) is 73.1 Å². The number of imide groups is 1. The van der Waals surface area contributed by atoms with E-state index in [1.807, 2.05) is 75.2 Å². The van der Waals surface area contributed by atoms with Crippen molar-refractivity contribution in [2.24, 2.45) is 35.5 Å². The Morgan fingerprint density at radius 3 is 2.10 bits per heavy atom. The molecule has 11 atom stereocenters. The number of carbonyl (C=O) groups excluding carboxylic acids is 8. The van der Waals surface area contributed by atoms with Crippen LogP contribution in [0.5, 0.6) is 0 Å². The van der Waals surface area contributed by atoms with E-state index in [9.17, 15) is 38.4 Å². The first-order valence-electron chi connectivity index (χ1n) is 28.7. The van der Waals surface area contributed by atoms with E-state index in [0.29, 0.717) is 37.0 Å². The third kappa shape index (κ3) is 16.7. The SMILES string of the molecule is CC[C@H](C)[C@@H]([C@@H](CC(=O)N1CCC[C@H]1[C@H](OC)[C@@H](C)C(=O)C[C@@H](Cc1ccccc1)C(=O)Nc1ccc(CNC(=O)CCOCCOCCN2C(=O)C=CC2=O)cc1)OC)N(C)C(=O)[C@@H](CC(=O)[C@@H]1[C@H]2CC[C@H](C2)N1C)C(C)C. The van der Waals surface area contributed by atoms with Crippen LogP contribution in [0.25, 0.3) is 0 Å². The quantitative estimate of drug-likeness (QED) is 0.0618. The first-order chi connectivity index (χ1) is 37.9. The number of hydrogen-bond acceptors (Lipinski definition) is 13. The molecule has 3 aliphatic heterocycles. The van der Waals surface area contributed by atoms with Crippen molar-refractivity contribution >= 4 is 52.7 Å². The lowest BCUT2D eigenvalue weighted by Crippen LogP contribution is -2.54. The van der Waals surface area contributed by atoms with E-state index < -0.39 is 42.0 Å². The Morgan fingerprint density at radius 2 is 1.48 bits per heavy atom. The van der Waals surface area contributed by atoms with Crippen molar-refractivity contribution in [1.29, 1.82) is 0 Å². The van der Waals surface area contributed by atoms with Gasteiger partial charge < -0.3 is 39.4 Å². The van der Waals surface area contributed by atoms with Crippen molar-refractivity contribution in [3.63, 3.8) is 0 Å². The Labute approximate surface area is 468 Å². The van der Waals surface area contributed by atoms with Gasteiger partial charge in [-0.25, -0.2) is 0 Å². The number of nitrogens with one attached hydrogen (secondary N) is 2. The number of likely N-dealkylation sites (N-methyl/N-ethyl adjacent to an activating group) is 2. The lowest BCUT2D eigenvalue weighted by atomic mass is 9.83. The Bertz CT molecular complexity index is 2400. The summed E-state index contributed by atoms with van der Waals surface area (Å²) in [5.74, 6) is -3.16. The van der Waals surface area contributed by atoms with Gasteiger partial charge in [0.25, 0.3) is 11.8 Å². The van der Waals surface area contributed by atoms with Crippen LogP contribution in [-0.4, -0.2) is 171 Å². The molecule has 2 aromatic rings. The fraction of sp³-hybridized carbons (Fsp3) is 0.639. The van der Waals surface area contributed by atoms with Gasteiger partial charge in [0.1, 0.15) is 5.78 Å². The lowest BCUT2D eigenvalue weighted by Gasteiger charge is -2.41. The van der Waals surface area contributed by atoms with Gasteiger partial charge in [0.2, 0.25) is 23.6 Å². The predicted molar refractivity (Wildman–Crippen MR) is 299 cm³/mol. The molecule has 434 valence electrons. The van der Waals surface area contributed by atoms with Crippen LogP contribution in [0.3, 0.4) is 0 Å². The molecule has 6 amide bonds. The first-order valence-corrected chi connectivity index (χ1v) is 28.7. The maximum Gasteiger partial charge on any atom is 0.253 e. The summed E-state index contributed by atoms with van der Waals surface area (Å²) in [4.78, 5) is 114. The van der Waals surface area contributed by atoms with Crippen molar-refractivity contribution in [1.82, 2.24) is 24.9 Å². The molecule has 6 rings (SSSR count). The molecule has 0 unspecified atom stereocenters. The molecule has 3 fully saturated rings. The largest absolute Gasteiger partial charge is 0.379 e. The number of Topliss-reactive ketones (excluding diaryl/α,β-unsaturated/α-hetero) is 2. The molecule has 0 aromatic heterocycles. The summed E-state index contributed by atoms with van der Waals surface area (Å²) in [6.45, 7) is 11.7. The molecule has 1 saturated carbocycles. The molecule has 3 heterocycles. The molecule has 79 heavy (non-hydrogen) atoms. The zero-order valence-corrected chi connectivity index (χ0v) is 48.2. The smallest absolute Gasteiger partial charge is 0.253 e. The van der Waals surface area contributed by atoms with Gasteiger partial charge in [-0.2, -0.15) is 0 Å². The van der Waals surface area contributed by atoms with Gasteiger partial charge in [0, 0.05) is 95.3 Å². The van der Waals surface area contributed by atoms with Gasteiger partial charge in [0.05, 0.1) is 69.7 Å². The highest BCUT2D eigenvalue weighted by molar-refractivity contribution is 6.12. The second-order valence-electron chi connectivity index (χ2n) is 22.6. The van der Waals surface area contributed by atoms with Crippen LogP contribution in [0.4, 0.5) is 5.69 Å². The summed E-state index contributed by atoms with van der Waals surface area (Å²) in [6, 6.07) is 16.1. The standard InChI is InChI=1S/C61H88N6O12/c1-10-40(4)57(65(7)61(75)48(39(2)3)36-51(69)58-44-20-23-47(34-44)64(58)6)52(76-8)37-56(73)66-27-14-17-49(66)59(77-9)41(5)50(68)35-45(33-42-15-12-11-13-16-42)60(74)63-46-21-18-43(19-22-46)38-62-53(70)26-29-78-31-32-79-30-28-67-54(71)24-25-55(67)72/h11-13,15-16,18-19,21-22,24-25,39-41,44-45,47-49,52,57-59H,10,14,17,20,23,26-38H2,1-9H3,(H,62,70)(H,63,74)/t40-,41-,44-,45+,47+,48-,49-,52+,57-,58-,59+/m0/s1. The minimum Gasteiger partial charge on any atom is -0.379 e. The number of nitrogens with zero attached hydrogens (tertiary/aromatic N) is 4. The number of rotatable bonds is 33. The Kier molecular flexibility index (Phi) is 23.9. The molecular formula is C61H88N6O12. The minimum absolute atomic E-state index is 0.0129. The highest BCUT2D eigenvalue weighted by Gasteiger charge is 2.49. The molecule has 1 aliphatic carbocycles. The molecule has 18 nitrogen and oxygen atoms in total. The second-order valence-corrected chi connectivity index (χ2v) is 22.6. The van der Waals surface area contributed by atoms with Crippen molar-refractivity contribution < 1.29 is 57.3 Å². The van der Waals surface area contributed by atoms with E-state index in [1.165, 1.54) is 12.2 Å². The number of anilines is 1. The number of benzene rings is 2. The lowest BCUT2D eigenvalue weighted by molar-refractivity contribution is -0.149. The Morgan fingerprint density at radius 1 is 0.797 bits per heavy atom. The summed E-state index contributed by atoms with van der Waals surface area (Å²) >= 11 is 0. The zero-order valence-electron chi connectivity index (χ0n) is 48.2. The maximum absolute atomic E-state index is 14.6. The first kappa shape index (κ1) is 62.5. The number of carbonyl (C=O) groups is 8. The number of ketones is 2. The number of methoxy groups -OCH3 is 2. The molecule has 2 saturated heterocycles. The number of likely N-dealkylation sites (tertiary alicyclic amines) is 2. The zero-order chi connectivity index (χ0) is 57.3. The third-order valence-electron chi connectivity index (χ3n) is 17.2. The summed E-state index contributed by atoms with van der Waals surface area (Å²) in [5.41, 5.74) is 2.25. The average Bonchev–Trinajstić information content (AvgIpc) is 4.32. The van der Waals surface area contributed by atoms with Crippen molar-refractivity contribution in [3.8, 4) is 0 Å². The normalized spacial score (nSPS) is 21.7. The van der Waals surface area contributed by atoms with Gasteiger partial charge in [0.15, 0.2) is 5.78 Å². The van der Waals surface area contributed by atoms with E-state index in [1.54, 1.807) is 38.3 Å². The maximum atomic E-state index is 14.6. The molecule has 2 N–H and O–H groups in total.